The molecule has 0 fully saturated rings. The molecule has 17 heavy (non-hydrogen) atoms. The van der Waals surface area contributed by atoms with E-state index >= 15 is 0 Å². The third kappa shape index (κ3) is 3.85. The van der Waals surface area contributed by atoms with Gasteiger partial charge in [0.1, 0.15) is 0 Å². The zero-order valence-electron chi connectivity index (χ0n) is 10.0. The molecule has 4 heteroatoms. The standard InChI is InChI=1S/C13H18Cl2O2/c1-3-11(16)12(17)7-8(2)9-5-4-6-10(14)13(9)15/h4-6,8,11-12,16-17H,3,7H2,1-2H3. The Labute approximate surface area is 112 Å². The molecule has 3 atom stereocenters. The molecule has 0 bridgehead atoms. The molecule has 0 radical (unpaired) electrons. The Balaban J connectivity index is 2.76. The summed E-state index contributed by atoms with van der Waals surface area (Å²) in [4.78, 5) is 0. The molecule has 1 rings (SSSR count). The molecule has 0 saturated carbocycles. The van der Waals surface area contributed by atoms with Gasteiger partial charge in [-0.2, -0.15) is 0 Å². The first-order valence-electron chi connectivity index (χ1n) is 5.77. The van der Waals surface area contributed by atoms with E-state index in [0.29, 0.717) is 22.9 Å². The van der Waals surface area contributed by atoms with Crippen molar-refractivity contribution >= 4 is 23.2 Å². The second-order valence-electron chi connectivity index (χ2n) is 4.32. The fourth-order valence-corrected chi connectivity index (χ4v) is 2.31. The SMILES string of the molecule is CCC(O)C(O)CC(C)c1cccc(Cl)c1Cl. The van der Waals surface area contributed by atoms with Crippen LogP contribution in [0, 0.1) is 0 Å². The van der Waals surface area contributed by atoms with Gasteiger partial charge in [0.25, 0.3) is 0 Å². The van der Waals surface area contributed by atoms with Gasteiger partial charge in [0.05, 0.1) is 22.3 Å². The van der Waals surface area contributed by atoms with Crippen molar-refractivity contribution in [3.63, 3.8) is 0 Å². The van der Waals surface area contributed by atoms with Gasteiger partial charge < -0.3 is 10.2 Å². The van der Waals surface area contributed by atoms with Gasteiger partial charge >= 0.3 is 0 Å². The van der Waals surface area contributed by atoms with Gasteiger partial charge in [-0.1, -0.05) is 49.2 Å². The lowest BCUT2D eigenvalue weighted by atomic mass is 9.92. The highest BCUT2D eigenvalue weighted by atomic mass is 35.5. The molecule has 2 N–H and O–H groups in total. The highest BCUT2D eigenvalue weighted by molar-refractivity contribution is 6.42. The lowest BCUT2D eigenvalue weighted by molar-refractivity contribution is 0.00954. The highest BCUT2D eigenvalue weighted by Crippen LogP contribution is 2.33. The minimum absolute atomic E-state index is 0.0531. The zero-order chi connectivity index (χ0) is 13.0. The number of halogens is 2. The monoisotopic (exact) mass is 276 g/mol. The summed E-state index contributed by atoms with van der Waals surface area (Å²) in [5.41, 5.74) is 0.904. The van der Waals surface area contributed by atoms with E-state index in [-0.39, 0.29) is 5.92 Å². The molecule has 0 aliphatic carbocycles. The van der Waals surface area contributed by atoms with E-state index in [1.54, 1.807) is 6.07 Å². The van der Waals surface area contributed by atoms with Crippen molar-refractivity contribution in [2.45, 2.75) is 44.8 Å². The molecule has 0 amide bonds. The minimum Gasteiger partial charge on any atom is -0.390 e. The van der Waals surface area contributed by atoms with E-state index in [4.69, 9.17) is 23.2 Å². The second kappa shape index (κ2) is 6.60. The van der Waals surface area contributed by atoms with Gasteiger partial charge in [-0.25, -0.2) is 0 Å². The Kier molecular flexibility index (Phi) is 5.74. The minimum atomic E-state index is -0.731. The number of hydrogen-bond donors (Lipinski definition) is 2. The van der Waals surface area contributed by atoms with Gasteiger partial charge in [-0.15, -0.1) is 0 Å². The molecule has 0 aromatic heterocycles. The summed E-state index contributed by atoms with van der Waals surface area (Å²) < 4.78 is 0. The van der Waals surface area contributed by atoms with Crippen LogP contribution in [0.1, 0.15) is 38.2 Å². The average Bonchev–Trinajstić information content (AvgIpc) is 2.31. The van der Waals surface area contributed by atoms with Crippen LogP contribution in [0.3, 0.4) is 0 Å². The van der Waals surface area contributed by atoms with Crippen molar-refractivity contribution in [2.24, 2.45) is 0 Å². The number of aliphatic hydroxyl groups excluding tert-OH is 2. The molecule has 1 aromatic rings. The van der Waals surface area contributed by atoms with Gasteiger partial charge in [0, 0.05) is 0 Å². The fraction of sp³-hybridized carbons (Fsp3) is 0.538. The number of aliphatic hydroxyl groups is 2. The van der Waals surface area contributed by atoms with Crippen molar-refractivity contribution < 1.29 is 10.2 Å². The Morgan fingerprint density at radius 3 is 2.41 bits per heavy atom. The average molecular weight is 277 g/mol. The second-order valence-corrected chi connectivity index (χ2v) is 5.11. The molecule has 0 saturated heterocycles. The third-order valence-electron chi connectivity index (χ3n) is 2.97. The molecule has 0 heterocycles. The van der Waals surface area contributed by atoms with E-state index in [9.17, 15) is 10.2 Å². The first-order chi connectivity index (χ1) is 7.97. The van der Waals surface area contributed by atoms with Crippen molar-refractivity contribution in [1.29, 1.82) is 0 Å². The Morgan fingerprint density at radius 2 is 1.82 bits per heavy atom. The van der Waals surface area contributed by atoms with Crippen molar-refractivity contribution in [1.82, 2.24) is 0 Å². The predicted octanol–water partition coefficient (Wildman–Crippen LogP) is 3.62. The number of hydrogen-bond acceptors (Lipinski definition) is 2. The fourth-order valence-electron chi connectivity index (χ4n) is 1.82. The third-order valence-corrected chi connectivity index (χ3v) is 3.80. The topological polar surface area (TPSA) is 40.5 Å². The smallest absolute Gasteiger partial charge is 0.0804 e. The molecule has 0 aliphatic heterocycles. The first-order valence-corrected chi connectivity index (χ1v) is 6.53. The van der Waals surface area contributed by atoms with Gasteiger partial charge in [-0.05, 0) is 30.4 Å². The normalized spacial score (nSPS) is 16.6. The van der Waals surface area contributed by atoms with Crippen LogP contribution >= 0.6 is 23.2 Å². The maximum Gasteiger partial charge on any atom is 0.0804 e. The van der Waals surface area contributed by atoms with Crippen molar-refractivity contribution in [3.8, 4) is 0 Å². The number of benzene rings is 1. The summed E-state index contributed by atoms with van der Waals surface area (Å²) in [5.74, 6) is 0.0531. The van der Waals surface area contributed by atoms with Crippen LogP contribution in [0.4, 0.5) is 0 Å². The van der Waals surface area contributed by atoms with Gasteiger partial charge in [0.15, 0.2) is 0 Å². The van der Waals surface area contributed by atoms with E-state index < -0.39 is 12.2 Å². The van der Waals surface area contributed by atoms with Crippen LogP contribution in [0.5, 0.6) is 0 Å². The molecule has 96 valence electrons. The van der Waals surface area contributed by atoms with Gasteiger partial charge in [-0.3, -0.25) is 0 Å². The predicted molar refractivity (Wildman–Crippen MR) is 71.8 cm³/mol. The largest absolute Gasteiger partial charge is 0.390 e. The molecule has 3 unspecified atom stereocenters. The number of rotatable bonds is 5. The molecule has 0 aliphatic rings. The summed E-state index contributed by atoms with van der Waals surface area (Å²) >= 11 is 12.0. The van der Waals surface area contributed by atoms with E-state index in [1.165, 1.54) is 0 Å². The Bertz CT molecular complexity index is 368. The van der Waals surface area contributed by atoms with E-state index in [0.717, 1.165) is 5.56 Å². The summed E-state index contributed by atoms with van der Waals surface area (Å²) in [7, 11) is 0. The summed E-state index contributed by atoms with van der Waals surface area (Å²) in [6, 6.07) is 5.46. The molecule has 1 aromatic carbocycles. The maximum atomic E-state index is 9.78. The molecule has 2 nitrogen and oxygen atoms in total. The zero-order valence-corrected chi connectivity index (χ0v) is 11.5. The van der Waals surface area contributed by atoms with Crippen LogP contribution in [0.25, 0.3) is 0 Å². The highest BCUT2D eigenvalue weighted by Gasteiger charge is 2.20. The van der Waals surface area contributed by atoms with Crippen molar-refractivity contribution in [2.75, 3.05) is 0 Å². The summed E-state index contributed by atoms with van der Waals surface area (Å²) in [5, 5.41) is 20.4. The lowest BCUT2D eigenvalue weighted by Crippen LogP contribution is -2.26. The van der Waals surface area contributed by atoms with E-state index in [1.807, 2.05) is 26.0 Å². The van der Waals surface area contributed by atoms with Crippen LogP contribution in [-0.4, -0.2) is 22.4 Å². The Morgan fingerprint density at radius 1 is 1.18 bits per heavy atom. The summed E-state index contributed by atoms with van der Waals surface area (Å²) in [6.45, 7) is 3.80. The van der Waals surface area contributed by atoms with Crippen LogP contribution in [0.15, 0.2) is 18.2 Å². The first kappa shape index (κ1) is 14.8. The lowest BCUT2D eigenvalue weighted by Gasteiger charge is -2.21. The summed E-state index contributed by atoms with van der Waals surface area (Å²) in [6.07, 6.45) is -0.410. The Hall–Kier alpha value is -0.280. The van der Waals surface area contributed by atoms with Crippen molar-refractivity contribution in [3.05, 3.63) is 33.8 Å². The van der Waals surface area contributed by atoms with Crippen LogP contribution < -0.4 is 0 Å². The maximum absolute atomic E-state index is 9.78. The molecular weight excluding hydrogens is 259 g/mol. The quantitative estimate of drug-likeness (QED) is 0.863. The molecule has 0 spiro atoms. The van der Waals surface area contributed by atoms with Crippen LogP contribution in [0.2, 0.25) is 10.0 Å². The van der Waals surface area contributed by atoms with Gasteiger partial charge in [0.2, 0.25) is 0 Å². The van der Waals surface area contributed by atoms with Crippen LogP contribution in [-0.2, 0) is 0 Å². The van der Waals surface area contributed by atoms with E-state index in [2.05, 4.69) is 0 Å². The molecular formula is C13H18Cl2O2.